The monoisotopic (exact) mass is 461 g/mol. The van der Waals surface area contributed by atoms with Crippen molar-refractivity contribution in [2.45, 2.75) is 25.0 Å². The van der Waals surface area contributed by atoms with Crippen molar-refractivity contribution in [3.05, 3.63) is 47.7 Å². The van der Waals surface area contributed by atoms with Crippen molar-refractivity contribution in [2.24, 2.45) is 0 Å². The van der Waals surface area contributed by atoms with Gasteiger partial charge in [0.1, 0.15) is 5.75 Å². The molecule has 1 amide bonds. The summed E-state index contributed by atoms with van der Waals surface area (Å²) in [5.74, 6) is 1.24. The maximum absolute atomic E-state index is 12.6. The molecule has 3 aliphatic heterocycles. The summed E-state index contributed by atoms with van der Waals surface area (Å²) in [6.07, 6.45) is 3.16. The first-order chi connectivity index (χ1) is 16.5. The molecule has 9 heteroatoms. The fraction of sp³-hybridized carbons (Fsp3) is 0.400. The van der Waals surface area contributed by atoms with Gasteiger partial charge in [0.05, 0.1) is 38.1 Å². The van der Waals surface area contributed by atoms with Gasteiger partial charge in [-0.3, -0.25) is 4.90 Å². The Kier molecular flexibility index (Phi) is 5.04. The van der Waals surface area contributed by atoms with E-state index in [1.807, 2.05) is 18.2 Å². The van der Waals surface area contributed by atoms with E-state index in [-0.39, 0.29) is 6.09 Å². The third kappa shape index (κ3) is 3.70. The van der Waals surface area contributed by atoms with Gasteiger partial charge in [0.2, 0.25) is 5.95 Å². The van der Waals surface area contributed by atoms with Crippen molar-refractivity contribution >= 4 is 34.3 Å². The minimum Gasteiger partial charge on any atom is -0.495 e. The summed E-state index contributed by atoms with van der Waals surface area (Å²) in [7, 11) is 3.80. The average molecular weight is 462 g/mol. The molecule has 0 saturated carbocycles. The van der Waals surface area contributed by atoms with Crippen molar-refractivity contribution in [1.82, 2.24) is 14.9 Å². The van der Waals surface area contributed by atoms with Crippen LogP contribution in [0.15, 0.2) is 36.5 Å². The maximum atomic E-state index is 12.6. The van der Waals surface area contributed by atoms with Crippen LogP contribution in [0.25, 0.3) is 10.9 Å². The van der Waals surface area contributed by atoms with E-state index in [4.69, 9.17) is 19.2 Å². The molecule has 2 aromatic carbocycles. The highest BCUT2D eigenvalue weighted by atomic mass is 16.6. The minimum absolute atomic E-state index is 0.346. The van der Waals surface area contributed by atoms with Crippen LogP contribution in [0.3, 0.4) is 0 Å². The summed E-state index contributed by atoms with van der Waals surface area (Å²) >= 11 is 0. The second kappa shape index (κ2) is 8.11. The molecular formula is C25H27N5O4. The molecule has 1 atom stereocenters. The SMILES string of the molecule is COc1cc2c(cc1Nc1ncc3ccc(N4CC5(CCOC5)OC4=O)cc3n1)CN(C)CC2. The number of likely N-dealkylation sites (N-methyl/N-ethyl adjacent to an activating group) is 1. The van der Waals surface area contributed by atoms with Crippen molar-refractivity contribution in [3.8, 4) is 5.75 Å². The molecule has 1 unspecified atom stereocenters. The van der Waals surface area contributed by atoms with Crippen LogP contribution in [0.4, 0.5) is 22.1 Å². The number of carbonyl (C=O) groups excluding carboxylic acids is 1. The third-order valence-corrected chi connectivity index (χ3v) is 6.89. The Labute approximate surface area is 197 Å². The highest BCUT2D eigenvalue weighted by Gasteiger charge is 2.48. The van der Waals surface area contributed by atoms with E-state index in [2.05, 4.69) is 34.4 Å². The largest absolute Gasteiger partial charge is 0.495 e. The third-order valence-electron chi connectivity index (χ3n) is 6.89. The van der Waals surface area contributed by atoms with E-state index in [1.165, 1.54) is 11.1 Å². The van der Waals surface area contributed by atoms with Crippen molar-refractivity contribution in [1.29, 1.82) is 0 Å². The van der Waals surface area contributed by atoms with Crippen LogP contribution >= 0.6 is 0 Å². The average Bonchev–Trinajstić information content (AvgIpc) is 3.43. The standard InChI is InChI=1S/C25H27N5O4/c1-29-7-5-16-10-22(32-2)21(9-18(16)13-29)28-23-26-12-17-3-4-19(11-20(17)27-23)30-14-25(34-24(30)31)6-8-33-15-25/h3-4,9-12H,5-8,13-15H2,1-2H3,(H,26,27,28). The van der Waals surface area contributed by atoms with E-state index in [0.717, 1.165) is 54.0 Å². The second-order valence-corrected chi connectivity index (χ2v) is 9.31. The van der Waals surface area contributed by atoms with Crippen LogP contribution in [0.2, 0.25) is 0 Å². The van der Waals surface area contributed by atoms with Crippen LogP contribution < -0.4 is 15.0 Å². The smallest absolute Gasteiger partial charge is 0.415 e. The van der Waals surface area contributed by atoms with Gasteiger partial charge < -0.3 is 24.4 Å². The number of anilines is 3. The summed E-state index contributed by atoms with van der Waals surface area (Å²) in [4.78, 5) is 25.8. The zero-order chi connectivity index (χ0) is 23.3. The van der Waals surface area contributed by atoms with E-state index in [9.17, 15) is 4.79 Å². The van der Waals surface area contributed by atoms with Crippen molar-refractivity contribution < 1.29 is 19.0 Å². The molecule has 0 aliphatic carbocycles. The summed E-state index contributed by atoms with van der Waals surface area (Å²) in [6, 6.07) is 9.95. The van der Waals surface area contributed by atoms with Gasteiger partial charge in [0.15, 0.2) is 5.60 Å². The molecule has 1 N–H and O–H groups in total. The van der Waals surface area contributed by atoms with Gasteiger partial charge in [-0.1, -0.05) is 0 Å². The molecule has 0 radical (unpaired) electrons. The van der Waals surface area contributed by atoms with E-state index in [1.54, 1.807) is 18.2 Å². The fourth-order valence-corrected chi connectivity index (χ4v) is 4.97. The lowest BCUT2D eigenvalue weighted by atomic mass is 9.99. The van der Waals surface area contributed by atoms with Crippen LogP contribution in [0, 0.1) is 0 Å². The molecule has 2 fully saturated rings. The molecule has 176 valence electrons. The van der Waals surface area contributed by atoms with Gasteiger partial charge in [-0.05, 0) is 54.9 Å². The first-order valence-electron chi connectivity index (χ1n) is 11.5. The number of ether oxygens (including phenoxy) is 3. The molecule has 3 aromatic rings. The quantitative estimate of drug-likeness (QED) is 0.632. The molecule has 0 bridgehead atoms. The molecule has 3 aliphatic rings. The number of nitrogens with one attached hydrogen (secondary N) is 1. The Morgan fingerprint density at radius 3 is 2.94 bits per heavy atom. The number of hydrogen-bond donors (Lipinski definition) is 1. The lowest BCUT2D eigenvalue weighted by molar-refractivity contribution is 0.0435. The first kappa shape index (κ1) is 21.1. The Balaban J connectivity index is 1.30. The maximum Gasteiger partial charge on any atom is 0.415 e. The second-order valence-electron chi connectivity index (χ2n) is 9.31. The highest BCUT2D eigenvalue weighted by molar-refractivity contribution is 5.93. The van der Waals surface area contributed by atoms with Gasteiger partial charge in [0.25, 0.3) is 0 Å². The predicted octanol–water partition coefficient (Wildman–Crippen LogP) is 3.49. The lowest BCUT2D eigenvalue weighted by Gasteiger charge is -2.26. The molecule has 34 heavy (non-hydrogen) atoms. The van der Waals surface area contributed by atoms with Gasteiger partial charge in [0, 0.05) is 36.8 Å². The molecule has 1 aromatic heterocycles. The van der Waals surface area contributed by atoms with Crippen molar-refractivity contribution in [2.75, 3.05) is 50.7 Å². The molecular weight excluding hydrogens is 434 g/mol. The summed E-state index contributed by atoms with van der Waals surface area (Å²) < 4.78 is 16.8. The van der Waals surface area contributed by atoms with Crippen LogP contribution in [0.5, 0.6) is 5.75 Å². The van der Waals surface area contributed by atoms with E-state index < -0.39 is 5.60 Å². The zero-order valence-corrected chi connectivity index (χ0v) is 19.3. The molecule has 6 rings (SSSR count). The molecule has 2 saturated heterocycles. The molecule has 9 nitrogen and oxygen atoms in total. The predicted molar refractivity (Wildman–Crippen MR) is 128 cm³/mol. The Morgan fingerprint density at radius 2 is 2.12 bits per heavy atom. The van der Waals surface area contributed by atoms with Gasteiger partial charge in [-0.25, -0.2) is 14.8 Å². The molecule has 1 spiro atoms. The number of methoxy groups -OCH3 is 1. The number of aromatic nitrogens is 2. The summed E-state index contributed by atoms with van der Waals surface area (Å²) in [6.45, 7) is 3.47. The van der Waals surface area contributed by atoms with E-state index >= 15 is 0 Å². The Hall–Kier alpha value is -3.43. The normalized spacial score (nSPS) is 22.3. The topological polar surface area (TPSA) is 89.1 Å². The Bertz CT molecular complexity index is 1270. The van der Waals surface area contributed by atoms with Crippen LogP contribution in [-0.4, -0.2) is 67.0 Å². The number of carbonyl (C=O) groups is 1. The number of nitrogens with zero attached hydrogens (tertiary/aromatic N) is 4. The summed E-state index contributed by atoms with van der Waals surface area (Å²) in [5.41, 5.74) is 4.37. The Morgan fingerprint density at radius 1 is 1.21 bits per heavy atom. The minimum atomic E-state index is -0.540. The number of hydrogen-bond acceptors (Lipinski definition) is 8. The first-order valence-corrected chi connectivity index (χ1v) is 11.5. The number of fused-ring (bicyclic) bond motifs is 2. The lowest BCUT2D eigenvalue weighted by Crippen LogP contribution is -2.34. The van der Waals surface area contributed by atoms with Gasteiger partial charge in [-0.15, -0.1) is 0 Å². The molecule has 4 heterocycles. The number of rotatable bonds is 4. The van der Waals surface area contributed by atoms with Crippen LogP contribution in [-0.2, 0) is 22.4 Å². The van der Waals surface area contributed by atoms with Gasteiger partial charge in [-0.2, -0.15) is 0 Å². The zero-order valence-electron chi connectivity index (χ0n) is 19.3. The number of amides is 1. The highest BCUT2D eigenvalue weighted by Crippen LogP contribution is 2.36. The fourth-order valence-electron chi connectivity index (χ4n) is 4.97. The summed E-state index contributed by atoms with van der Waals surface area (Å²) in [5, 5.41) is 4.22. The van der Waals surface area contributed by atoms with Crippen molar-refractivity contribution in [3.63, 3.8) is 0 Å². The van der Waals surface area contributed by atoms with E-state index in [0.29, 0.717) is 25.7 Å². The number of benzene rings is 2. The van der Waals surface area contributed by atoms with Crippen LogP contribution in [0.1, 0.15) is 17.5 Å². The van der Waals surface area contributed by atoms with Gasteiger partial charge >= 0.3 is 6.09 Å².